The molecule has 1 aliphatic rings. The number of nitrogens with one attached hydrogen (secondary N) is 1. The molecule has 142 valence electrons. The van der Waals surface area contributed by atoms with E-state index in [1.165, 1.54) is 17.0 Å². The first-order valence-corrected chi connectivity index (χ1v) is 9.04. The summed E-state index contributed by atoms with van der Waals surface area (Å²) < 4.78 is 14.6. The van der Waals surface area contributed by atoms with Crippen LogP contribution in [0.15, 0.2) is 60.7 Å². The number of halogens is 1. The molecule has 0 fully saturated rings. The smallest absolute Gasteiger partial charge is 0.272 e. The maximum atomic E-state index is 12.9. The van der Waals surface area contributed by atoms with Gasteiger partial charge in [-0.3, -0.25) is 14.3 Å². The fourth-order valence-electron chi connectivity index (χ4n) is 3.17. The summed E-state index contributed by atoms with van der Waals surface area (Å²) in [6.07, 6.45) is 0. The third kappa shape index (κ3) is 3.78. The zero-order valence-electron chi connectivity index (χ0n) is 15.1. The average Bonchev–Trinajstić information content (AvgIpc) is 3.16. The van der Waals surface area contributed by atoms with Gasteiger partial charge in [-0.15, -0.1) is 0 Å². The van der Waals surface area contributed by atoms with Gasteiger partial charge in [0.05, 0.1) is 18.8 Å². The van der Waals surface area contributed by atoms with E-state index in [1.54, 1.807) is 22.9 Å². The number of fused-ring (bicyclic) bond motifs is 1. The van der Waals surface area contributed by atoms with Gasteiger partial charge in [-0.2, -0.15) is 5.10 Å². The van der Waals surface area contributed by atoms with Gasteiger partial charge in [0.15, 0.2) is 0 Å². The van der Waals surface area contributed by atoms with E-state index < -0.39 is 0 Å². The Morgan fingerprint density at radius 2 is 1.82 bits per heavy atom. The van der Waals surface area contributed by atoms with Gasteiger partial charge in [0, 0.05) is 18.7 Å². The van der Waals surface area contributed by atoms with Crippen LogP contribution in [0.2, 0.25) is 0 Å². The Bertz CT molecular complexity index is 999. The van der Waals surface area contributed by atoms with Gasteiger partial charge in [-0.25, -0.2) is 4.39 Å². The number of nitrogens with zero attached hydrogens (tertiary/aromatic N) is 3. The van der Waals surface area contributed by atoms with Crippen molar-refractivity contribution in [2.24, 2.45) is 0 Å². The molecular formula is C21H19FN4O2. The minimum atomic E-state index is -0.319. The first kappa shape index (κ1) is 17.9. The van der Waals surface area contributed by atoms with E-state index >= 15 is 0 Å². The second kappa shape index (κ2) is 7.64. The summed E-state index contributed by atoms with van der Waals surface area (Å²) in [5.74, 6) is -0.785. The SMILES string of the molecule is O=C(CN1CCn2nc(-c3ccccc3)cc2C1=O)NCc1ccc(F)cc1. The van der Waals surface area contributed by atoms with Crippen LogP contribution in [0.25, 0.3) is 11.3 Å². The molecule has 7 heteroatoms. The Morgan fingerprint density at radius 3 is 2.57 bits per heavy atom. The molecular weight excluding hydrogens is 359 g/mol. The van der Waals surface area contributed by atoms with Crippen molar-refractivity contribution < 1.29 is 14.0 Å². The first-order chi connectivity index (χ1) is 13.6. The highest BCUT2D eigenvalue weighted by atomic mass is 19.1. The molecule has 0 unspecified atom stereocenters. The molecule has 2 heterocycles. The number of benzene rings is 2. The lowest BCUT2D eigenvalue weighted by molar-refractivity contribution is -0.122. The Morgan fingerprint density at radius 1 is 1.07 bits per heavy atom. The van der Waals surface area contributed by atoms with E-state index in [4.69, 9.17) is 0 Å². The zero-order chi connectivity index (χ0) is 19.5. The maximum absolute atomic E-state index is 12.9. The van der Waals surface area contributed by atoms with Crippen LogP contribution < -0.4 is 5.32 Å². The number of aromatic nitrogens is 2. The molecule has 6 nitrogen and oxygen atoms in total. The second-order valence-electron chi connectivity index (χ2n) is 6.63. The van der Waals surface area contributed by atoms with Crippen LogP contribution in [0.3, 0.4) is 0 Å². The van der Waals surface area contributed by atoms with Crippen molar-refractivity contribution in [1.82, 2.24) is 20.0 Å². The summed E-state index contributed by atoms with van der Waals surface area (Å²) in [5.41, 5.74) is 2.97. The number of carbonyl (C=O) groups is 2. The predicted molar refractivity (Wildman–Crippen MR) is 102 cm³/mol. The number of amides is 2. The van der Waals surface area contributed by atoms with Crippen LogP contribution >= 0.6 is 0 Å². The topological polar surface area (TPSA) is 67.2 Å². The number of carbonyl (C=O) groups excluding carboxylic acids is 2. The van der Waals surface area contributed by atoms with Crippen molar-refractivity contribution in [1.29, 1.82) is 0 Å². The third-order valence-corrected chi connectivity index (χ3v) is 4.67. The molecule has 4 rings (SSSR count). The molecule has 1 N–H and O–H groups in total. The number of hydrogen-bond donors (Lipinski definition) is 1. The van der Waals surface area contributed by atoms with Gasteiger partial charge in [-0.05, 0) is 23.8 Å². The molecule has 0 radical (unpaired) electrons. The van der Waals surface area contributed by atoms with Crippen molar-refractivity contribution in [3.05, 3.63) is 77.7 Å². The van der Waals surface area contributed by atoms with Crippen LogP contribution in [0.1, 0.15) is 16.1 Å². The highest BCUT2D eigenvalue weighted by Gasteiger charge is 2.28. The molecule has 2 aromatic carbocycles. The van der Waals surface area contributed by atoms with Gasteiger partial charge in [0.1, 0.15) is 11.5 Å². The minimum absolute atomic E-state index is 0.0219. The molecule has 0 saturated carbocycles. The molecule has 1 aromatic heterocycles. The van der Waals surface area contributed by atoms with Gasteiger partial charge in [0.25, 0.3) is 5.91 Å². The summed E-state index contributed by atoms with van der Waals surface area (Å²) in [6, 6.07) is 17.4. The van der Waals surface area contributed by atoms with Gasteiger partial charge < -0.3 is 10.2 Å². The minimum Gasteiger partial charge on any atom is -0.350 e. The Labute approximate surface area is 161 Å². The van der Waals surface area contributed by atoms with Crippen molar-refractivity contribution in [2.75, 3.05) is 13.1 Å². The number of rotatable bonds is 5. The van der Waals surface area contributed by atoms with Crippen LogP contribution in [0, 0.1) is 5.82 Å². The zero-order valence-corrected chi connectivity index (χ0v) is 15.1. The molecule has 0 saturated heterocycles. The molecule has 1 aliphatic heterocycles. The van der Waals surface area contributed by atoms with Crippen LogP contribution in [-0.4, -0.2) is 39.6 Å². The van der Waals surface area contributed by atoms with Crippen molar-refractivity contribution in [3.63, 3.8) is 0 Å². The average molecular weight is 378 g/mol. The van der Waals surface area contributed by atoms with Crippen molar-refractivity contribution >= 4 is 11.8 Å². The number of hydrogen-bond acceptors (Lipinski definition) is 3. The highest BCUT2D eigenvalue weighted by molar-refractivity contribution is 5.96. The van der Waals surface area contributed by atoms with E-state index in [1.807, 2.05) is 30.3 Å². The lowest BCUT2D eigenvalue weighted by atomic mass is 10.1. The van der Waals surface area contributed by atoms with Crippen LogP contribution in [0.4, 0.5) is 4.39 Å². The quantitative estimate of drug-likeness (QED) is 0.742. The van der Waals surface area contributed by atoms with Crippen molar-refractivity contribution in [3.8, 4) is 11.3 Å². The molecule has 0 bridgehead atoms. The van der Waals surface area contributed by atoms with E-state index in [2.05, 4.69) is 10.4 Å². The second-order valence-corrected chi connectivity index (χ2v) is 6.63. The lowest BCUT2D eigenvalue weighted by Crippen LogP contribution is -2.45. The lowest BCUT2D eigenvalue weighted by Gasteiger charge is -2.26. The highest BCUT2D eigenvalue weighted by Crippen LogP contribution is 2.21. The largest absolute Gasteiger partial charge is 0.350 e. The van der Waals surface area contributed by atoms with E-state index in [0.29, 0.717) is 18.8 Å². The molecule has 3 aromatic rings. The van der Waals surface area contributed by atoms with E-state index in [-0.39, 0.29) is 30.7 Å². The summed E-state index contributed by atoms with van der Waals surface area (Å²) in [5, 5.41) is 7.27. The van der Waals surface area contributed by atoms with E-state index in [9.17, 15) is 14.0 Å². The predicted octanol–water partition coefficient (Wildman–Crippen LogP) is 2.46. The van der Waals surface area contributed by atoms with Crippen molar-refractivity contribution in [2.45, 2.75) is 13.1 Å². The monoisotopic (exact) mass is 378 g/mol. The summed E-state index contributed by atoms with van der Waals surface area (Å²) >= 11 is 0. The van der Waals surface area contributed by atoms with Crippen LogP contribution in [0.5, 0.6) is 0 Å². The molecule has 0 atom stereocenters. The first-order valence-electron chi connectivity index (χ1n) is 9.04. The summed E-state index contributed by atoms with van der Waals surface area (Å²) in [6.45, 7) is 1.23. The Hall–Kier alpha value is -3.48. The normalized spacial score (nSPS) is 13.3. The standard InChI is InChI=1S/C21H19FN4O2/c22-17-8-6-15(7-9-17)13-23-20(27)14-25-10-11-26-19(21(25)28)12-18(24-26)16-4-2-1-3-5-16/h1-9,12H,10-11,13-14H2,(H,23,27). The fourth-order valence-corrected chi connectivity index (χ4v) is 3.17. The molecule has 0 aliphatic carbocycles. The maximum Gasteiger partial charge on any atom is 0.272 e. The summed E-state index contributed by atoms with van der Waals surface area (Å²) in [4.78, 5) is 26.5. The van der Waals surface area contributed by atoms with Gasteiger partial charge in [-0.1, -0.05) is 42.5 Å². The Kier molecular flexibility index (Phi) is 4.89. The third-order valence-electron chi connectivity index (χ3n) is 4.67. The Balaban J connectivity index is 1.39. The molecule has 0 spiro atoms. The van der Waals surface area contributed by atoms with Gasteiger partial charge in [0.2, 0.25) is 5.91 Å². The van der Waals surface area contributed by atoms with Gasteiger partial charge >= 0.3 is 0 Å². The summed E-state index contributed by atoms with van der Waals surface area (Å²) in [7, 11) is 0. The van der Waals surface area contributed by atoms with E-state index in [0.717, 1.165) is 16.8 Å². The van der Waals surface area contributed by atoms with Crippen LogP contribution in [-0.2, 0) is 17.9 Å². The fraction of sp³-hybridized carbons (Fsp3) is 0.190. The molecule has 2 amide bonds. The molecule has 28 heavy (non-hydrogen) atoms.